The van der Waals surface area contributed by atoms with Gasteiger partial charge in [0.2, 0.25) is 11.7 Å². The molecule has 1 atom stereocenters. The molecule has 0 radical (unpaired) electrons. The number of pyridine rings is 1. The normalized spacial score (nSPS) is 14.3. The minimum Gasteiger partial charge on any atom is -0.501 e. The fourth-order valence-corrected chi connectivity index (χ4v) is 4.24. The highest BCUT2D eigenvalue weighted by Gasteiger charge is 2.33. The van der Waals surface area contributed by atoms with Crippen molar-refractivity contribution in [2.45, 2.75) is 19.6 Å². The summed E-state index contributed by atoms with van der Waals surface area (Å²) in [6.45, 7) is 2.30. The standard InChI is InChI=1S/C24H22N6O5/c1-13-6-4-8-16-17(13)20(18-14(11-34-16)7-5-9-25-18)29(2)24-28-19(21(31)23(33)30(24)3)22(32)27-15-10-26-35-12-15/h4-10,12,20,31H,11H2,1-3H3,(H,27,32). The van der Waals surface area contributed by atoms with Gasteiger partial charge in [-0.1, -0.05) is 23.4 Å². The van der Waals surface area contributed by atoms with Crippen LogP contribution in [0.3, 0.4) is 0 Å². The number of aromatic nitrogens is 4. The van der Waals surface area contributed by atoms with E-state index < -0.39 is 29.0 Å². The van der Waals surface area contributed by atoms with Gasteiger partial charge in [-0.15, -0.1) is 0 Å². The number of amides is 1. The van der Waals surface area contributed by atoms with Gasteiger partial charge in [0.05, 0.1) is 11.9 Å². The predicted molar refractivity (Wildman–Crippen MR) is 126 cm³/mol. The van der Waals surface area contributed by atoms with Crippen LogP contribution in [0, 0.1) is 6.92 Å². The number of hydrogen-bond donors (Lipinski definition) is 2. The third kappa shape index (κ3) is 3.76. The SMILES string of the molecule is Cc1cccc2c1C(N(C)c1nc(C(=O)Nc3cnoc3)c(O)c(=O)n1C)c1ncccc1CO2. The molecule has 2 N–H and O–H groups in total. The lowest BCUT2D eigenvalue weighted by molar-refractivity contribution is 0.101. The Hall–Kier alpha value is -4.67. The molecule has 1 aliphatic rings. The molecule has 4 heterocycles. The number of nitrogens with one attached hydrogen (secondary N) is 1. The second-order valence-electron chi connectivity index (χ2n) is 8.18. The number of carbonyl (C=O) groups is 1. The summed E-state index contributed by atoms with van der Waals surface area (Å²) >= 11 is 0. The van der Waals surface area contributed by atoms with Crippen molar-refractivity contribution in [3.63, 3.8) is 0 Å². The van der Waals surface area contributed by atoms with E-state index in [0.717, 1.165) is 22.4 Å². The van der Waals surface area contributed by atoms with E-state index in [2.05, 4.69) is 20.4 Å². The first-order valence-electron chi connectivity index (χ1n) is 10.8. The quantitative estimate of drug-likeness (QED) is 0.457. The van der Waals surface area contributed by atoms with Gasteiger partial charge in [-0.25, -0.2) is 4.98 Å². The molecular weight excluding hydrogens is 452 g/mol. The number of anilines is 2. The molecule has 0 fully saturated rings. The van der Waals surface area contributed by atoms with Crippen molar-refractivity contribution >= 4 is 17.5 Å². The second-order valence-corrected chi connectivity index (χ2v) is 8.18. The van der Waals surface area contributed by atoms with Crippen LogP contribution in [-0.4, -0.2) is 37.8 Å². The summed E-state index contributed by atoms with van der Waals surface area (Å²) in [4.78, 5) is 36.6. The van der Waals surface area contributed by atoms with Gasteiger partial charge in [-0.05, 0) is 24.6 Å². The molecule has 0 bridgehead atoms. The van der Waals surface area contributed by atoms with Gasteiger partial charge in [0.1, 0.15) is 30.3 Å². The van der Waals surface area contributed by atoms with Crippen LogP contribution in [0.4, 0.5) is 11.6 Å². The third-order valence-electron chi connectivity index (χ3n) is 5.98. The molecule has 3 aromatic heterocycles. The molecule has 35 heavy (non-hydrogen) atoms. The Bertz CT molecular complexity index is 1480. The van der Waals surface area contributed by atoms with E-state index in [-0.39, 0.29) is 11.6 Å². The molecule has 4 aromatic rings. The van der Waals surface area contributed by atoms with Gasteiger partial charge in [-0.2, -0.15) is 0 Å². The van der Waals surface area contributed by atoms with E-state index in [0.29, 0.717) is 12.4 Å². The maximum absolute atomic E-state index is 12.9. The molecule has 0 saturated heterocycles. The maximum Gasteiger partial charge on any atom is 0.297 e. The molecular formula is C24H22N6O5. The van der Waals surface area contributed by atoms with Crippen LogP contribution in [0.2, 0.25) is 0 Å². The molecule has 0 spiro atoms. The van der Waals surface area contributed by atoms with Crippen LogP contribution in [-0.2, 0) is 13.7 Å². The zero-order valence-corrected chi connectivity index (χ0v) is 19.2. The number of carbonyl (C=O) groups excluding carboxylic acids is 1. The van der Waals surface area contributed by atoms with Gasteiger partial charge < -0.3 is 24.6 Å². The van der Waals surface area contributed by atoms with E-state index in [4.69, 9.17) is 9.26 Å². The molecule has 0 saturated carbocycles. The van der Waals surface area contributed by atoms with Crippen molar-refractivity contribution < 1.29 is 19.2 Å². The second kappa shape index (κ2) is 8.60. The van der Waals surface area contributed by atoms with Crippen LogP contribution in [0.1, 0.15) is 38.9 Å². The number of hydrogen-bond acceptors (Lipinski definition) is 9. The first-order valence-corrected chi connectivity index (χ1v) is 10.8. The number of aromatic hydroxyl groups is 1. The van der Waals surface area contributed by atoms with E-state index in [1.807, 2.05) is 37.3 Å². The van der Waals surface area contributed by atoms with E-state index >= 15 is 0 Å². The zero-order valence-electron chi connectivity index (χ0n) is 19.2. The number of ether oxygens (including phenoxy) is 1. The number of rotatable bonds is 4. The first kappa shape index (κ1) is 22.1. The molecule has 1 amide bonds. The largest absolute Gasteiger partial charge is 0.501 e. The van der Waals surface area contributed by atoms with Crippen molar-refractivity contribution in [1.29, 1.82) is 0 Å². The molecule has 1 unspecified atom stereocenters. The summed E-state index contributed by atoms with van der Waals surface area (Å²) in [6, 6.07) is 9.06. The smallest absolute Gasteiger partial charge is 0.297 e. The lowest BCUT2D eigenvalue weighted by Crippen LogP contribution is -2.35. The van der Waals surface area contributed by atoms with Gasteiger partial charge in [-0.3, -0.25) is 19.1 Å². The lowest BCUT2D eigenvalue weighted by Gasteiger charge is -2.31. The van der Waals surface area contributed by atoms with Gasteiger partial charge in [0.15, 0.2) is 5.69 Å². The van der Waals surface area contributed by atoms with Crippen LogP contribution in [0.5, 0.6) is 11.5 Å². The average Bonchev–Trinajstić information content (AvgIpc) is 3.29. The summed E-state index contributed by atoms with van der Waals surface area (Å²) in [6.07, 6.45) is 4.21. The summed E-state index contributed by atoms with van der Waals surface area (Å²) in [5.41, 5.74) is 2.52. The van der Waals surface area contributed by atoms with Gasteiger partial charge in [0.25, 0.3) is 11.5 Å². The number of benzene rings is 1. The monoisotopic (exact) mass is 474 g/mol. The predicted octanol–water partition coefficient (Wildman–Crippen LogP) is 2.55. The third-order valence-corrected chi connectivity index (χ3v) is 5.98. The molecule has 1 aromatic carbocycles. The first-order chi connectivity index (χ1) is 16.9. The van der Waals surface area contributed by atoms with Crippen LogP contribution < -0.4 is 20.5 Å². The highest BCUT2D eigenvalue weighted by Crippen LogP contribution is 2.41. The van der Waals surface area contributed by atoms with Crippen molar-refractivity contribution in [1.82, 2.24) is 19.7 Å². The fraction of sp³-hybridized carbons (Fsp3) is 0.208. The van der Waals surface area contributed by atoms with Crippen molar-refractivity contribution in [3.8, 4) is 11.5 Å². The average molecular weight is 474 g/mol. The van der Waals surface area contributed by atoms with Crippen LogP contribution in [0.15, 0.2) is 58.3 Å². The van der Waals surface area contributed by atoms with E-state index in [1.165, 1.54) is 24.1 Å². The Kier molecular flexibility index (Phi) is 5.44. The Morgan fingerprint density at radius 1 is 1.29 bits per heavy atom. The fourth-order valence-electron chi connectivity index (χ4n) is 4.24. The van der Waals surface area contributed by atoms with Crippen LogP contribution >= 0.6 is 0 Å². The Balaban J connectivity index is 1.67. The summed E-state index contributed by atoms with van der Waals surface area (Å²) in [5, 5.41) is 16.5. The molecule has 178 valence electrons. The molecule has 5 rings (SSSR count). The minimum absolute atomic E-state index is 0.154. The Morgan fingerprint density at radius 2 is 2.11 bits per heavy atom. The van der Waals surface area contributed by atoms with E-state index in [1.54, 1.807) is 18.1 Å². The van der Waals surface area contributed by atoms with Crippen molar-refractivity contribution in [2.75, 3.05) is 17.3 Å². The molecule has 1 aliphatic heterocycles. The summed E-state index contributed by atoms with van der Waals surface area (Å²) in [7, 11) is 3.24. The summed E-state index contributed by atoms with van der Waals surface area (Å²) < 4.78 is 12.0. The van der Waals surface area contributed by atoms with Gasteiger partial charge >= 0.3 is 0 Å². The van der Waals surface area contributed by atoms with Crippen molar-refractivity contribution in [2.24, 2.45) is 7.05 Å². The van der Waals surface area contributed by atoms with Crippen molar-refractivity contribution in [3.05, 3.63) is 87.4 Å². The maximum atomic E-state index is 12.9. The Labute approximate surface area is 199 Å². The van der Waals surface area contributed by atoms with Gasteiger partial charge in [0, 0.05) is 31.4 Å². The highest BCUT2D eigenvalue weighted by molar-refractivity contribution is 6.04. The van der Waals surface area contributed by atoms with E-state index in [9.17, 15) is 14.7 Å². The lowest BCUT2D eigenvalue weighted by atomic mass is 9.95. The minimum atomic E-state index is -0.780. The topological polar surface area (TPSA) is 136 Å². The highest BCUT2D eigenvalue weighted by atomic mass is 16.5. The number of nitrogens with zero attached hydrogens (tertiary/aromatic N) is 5. The molecule has 0 aliphatic carbocycles. The Morgan fingerprint density at radius 3 is 2.89 bits per heavy atom. The summed E-state index contributed by atoms with van der Waals surface area (Å²) in [5.74, 6) is -0.703. The molecule has 11 heteroatoms. The number of fused-ring (bicyclic) bond motifs is 2. The number of aryl methyl sites for hydroxylation is 1. The van der Waals surface area contributed by atoms with Crippen LogP contribution in [0.25, 0.3) is 0 Å². The zero-order chi connectivity index (χ0) is 24.7. The molecule has 11 nitrogen and oxygen atoms in total.